The Bertz CT molecular complexity index is 1060. The Hall–Kier alpha value is -1.61. The summed E-state index contributed by atoms with van der Waals surface area (Å²) in [5.74, 6) is 0.521. The molecule has 2 aliphatic heterocycles. The summed E-state index contributed by atoms with van der Waals surface area (Å²) in [4.78, 5) is 15.1. The van der Waals surface area contributed by atoms with Crippen LogP contribution in [-0.2, 0) is 9.53 Å². The number of amides is 1. The first-order valence-corrected chi connectivity index (χ1v) is 12.2. The van der Waals surface area contributed by atoms with Gasteiger partial charge in [0.15, 0.2) is 0 Å². The number of rotatable bonds is 7. The standard InChI is InChI=1S/C23H22Cl2N2O3S2/c24-18-4-2-16(13-19(18)25)15-3-5-20(30-9-1-6-27-7-10-29-11-8-27)17(12-15)14-21-22(28)26-23(31)32-21/h2-5,12-14H,1,6-11H2,(H,26,28,31)/b21-14-. The summed E-state index contributed by atoms with van der Waals surface area (Å²) in [5.41, 5.74) is 2.68. The Labute approximate surface area is 207 Å². The molecule has 0 radical (unpaired) electrons. The van der Waals surface area contributed by atoms with E-state index in [2.05, 4.69) is 10.2 Å². The molecule has 1 amide bonds. The quantitative estimate of drug-likeness (QED) is 0.313. The third-order valence-electron chi connectivity index (χ3n) is 5.17. The van der Waals surface area contributed by atoms with Crippen molar-refractivity contribution in [1.82, 2.24) is 10.2 Å². The number of nitrogens with one attached hydrogen (secondary N) is 1. The van der Waals surface area contributed by atoms with Gasteiger partial charge < -0.3 is 14.8 Å². The molecular formula is C23H22Cl2N2O3S2. The third-order valence-corrected chi connectivity index (χ3v) is 7.07. The van der Waals surface area contributed by atoms with Crippen LogP contribution in [0.25, 0.3) is 17.2 Å². The summed E-state index contributed by atoms with van der Waals surface area (Å²) >= 11 is 18.6. The number of nitrogens with zero attached hydrogens (tertiary/aromatic N) is 1. The summed E-state index contributed by atoms with van der Waals surface area (Å²) in [6, 6.07) is 11.4. The minimum Gasteiger partial charge on any atom is -0.493 e. The zero-order valence-corrected chi connectivity index (χ0v) is 20.4. The number of benzene rings is 2. The molecule has 2 aromatic carbocycles. The predicted octanol–water partition coefficient (Wildman–Crippen LogP) is 5.25. The van der Waals surface area contributed by atoms with Gasteiger partial charge in [-0.05, 0) is 47.9 Å². The Morgan fingerprint density at radius 1 is 1.12 bits per heavy atom. The monoisotopic (exact) mass is 508 g/mol. The highest BCUT2D eigenvalue weighted by Crippen LogP contribution is 2.34. The summed E-state index contributed by atoms with van der Waals surface area (Å²) in [6.45, 7) is 5.04. The molecule has 1 N–H and O–H groups in total. The SMILES string of the molecule is O=C1NC(=S)S/C1=C\c1cc(-c2ccc(Cl)c(Cl)c2)ccc1OCCCN1CCOCC1. The molecular weight excluding hydrogens is 487 g/mol. The summed E-state index contributed by atoms with van der Waals surface area (Å²) < 4.78 is 12.0. The van der Waals surface area contributed by atoms with Crippen molar-refractivity contribution >= 4 is 63.5 Å². The van der Waals surface area contributed by atoms with Crippen molar-refractivity contribution in [1.29, 1.82) is 0 Å². The predicted molar refractivity (Wildman–Crippen MR) is 136 cm³/mol. The molecule has 0 bridgehead atoms. The molecule has 2 aromatic rings. The second-order valence-electron chi connectivity index (χ2n) is 7.39. The van der Waals surface area contributed by atoms with Crippen molar-refractivity contribution in [3.63, 3.8) is 0 Å². The molecule has 0 atom stereocenters. The van der Waals surface area contributed by atoms with E-state index in [4.69, 9.17) is 44.9 Å². The van der Waals surface area contributed by atoms with E-state index in [0.29, 0.717) is 25.9 Å². The van der Waals surface area contributed by atoms with Crippen molar-refractivity contribution < 1.29 is 14.3 Å². The van der Waals surface area contributed by atoms with Crippen LogP contribution in [-0.4, -0.2) is 54.6 Å². The van der Waals surface area contributed by atoms with Gasteiger partial charge in [0, 0.05) is 25.2 Å². The van der Waals surface area contributed by atoms with Crippen LogP contribution in [0.2, 0.25) is 10.0 Å². The average Bonchev–Trinajstić information content (AvgIpc) is 3.11. The lowest BCUT2D eigenvalue weighted by Gasteiger charge is -2.26. The Morgan fingerprint density at radius 2 is 1.88 bits per heavy atom. The number of thioether (sulfide) groups is 1. The lowest BCUT2D eigenvalue weighted by molar-refractivity contribution is -0.115. The van der Waals surface area contributed by atoms with E-state index in [1.807, 2.05) is 36.4 Å². The van der Waals surface area contributed by atoms with E-state index in [-0.39, 0.29) is 5.91 Å². The van der Waals surface area contributed by atoms with Crippen LogP contribution in [0, 0.1) is 0 Å². The molecule has 168 valence electrons. The number of carbonyl (C=O) groups is 1. The van der Waals surface area contributed by atoms with Crippen LogP contribution in [0.4, 0.5) is 0 Å². The Kier molecular flexibility index (Phi) is 8.10. The van der Waals surface area contributed by atoms with Crippen molar-refractivity contribution in [2.24, 2.45) is 0 Å². The van der Waals surface area contributed by atoms with Crippen LogP contribution >= 0.6 is 47.2 Å². The molecule has 2 heterocycles. The normalized spacial score (nSPS) is 18.2. The summed E-state index contributed by atoms with van der Waals surface area (Å²) in [6.07, 6.45) is 2.72. The first-order valence-electron chi connectivity index (χ1n) is 10.3. The second-order valence-corrected chi connectivity index (χ2v) is 9.92. The fraction of sp³-hybridized carbons (Fsp3) is 0.304. The molecule has 9 heteroatoms. The highest BCUT2D eigenvalue weighted by atomic mass is 35.5. The first kappa shape index (κ1) is 23.5. The van der Waals surface area contributed by atoms with Crippen LogP contribution in [0.5, 0.6) is 5.75 Å². The zero-order valence-electron chi connectivity index (χ0n) is 17.2. The molecule has 0 saturated carbocycles. The smallest absolute Gasteiger partial charge is 0.263 e. The van der Waals surface area contributed by atoms with Crippen molar-refractivity contribution in [3.05, 3.63) is 56.9 Å². The van der Waals surface area contributed by atoms with Crippen molar-refractivity contribution in [2.45, 2.75) is 6.42 Å². The Balaban J connectivity index is 1.54. The minimum absolute atomic E-state index is 0.196. The maximum absolute atomic E-state index is 12.2. The second kappa shape index (κ2) is 11.0. The number of hydrogen-bond donors (Lipinski definition) is 1. The topological polar surface area (TPSA) is 50.8 Å². The lowest BCUT2D eigenvalue weighted by atomic mass is 10.0. The number of carbonyl (C=O) groups excluding carboxylic acids is 1. The molecule has 0 aromatic heterocycles. The molecule has 4 rings (SSSR count). The lowest BCUT2D eigenvalue weighted by Crippen LogP contribution is -2.37. The molecule has 32 heavy (non-hydrogen) atoms. The summed E-state index contributed by atoms with van der Waals surface area (Å²) in [7, 11) is 0. The van der Waals surface area contributed by atoms with Gasteiger partial charge >= 0.3 is 0 Å². The zero-order chi connectivity index (χ0) is 22.5. The van der Waals surface area contributed by atoms with Gasteiger partial charge in [-0.1, -0.05) is 59.3 Å². The molecule has 0 spiro atoms. The van der Waals surface area contributed by atoms with Gasteiger partial charge in [-0.25, -0.2) is 0 Å². The van der Waals surface area contributed by atoms with E-state index in [0.717, 1.165) is 61.7 Å². The number of morpholine rings is 1. The fourth-order valence-corrected chi connectivity index (χ4v) is 4.84. The third kappa shape index (κ3) is 6.04. The molecule has 5 nitrogen and oxygen atoms in total. The highest BCUT2D eigenvalue weighted by molar-refractivity contribution is 8.26. The molecule has 0 aliphatic carbocycles. The van der Waals surface area contributed by atoms with E-state index < -0.39 is 0 Å². The highest BCUT2D eigenvalue weighted by Gasteiger charge is 2.23. The molecule has 2 saturated heterocycles. The van der Waals surface area contributed by atoms with Crippen LogP contribution in [0.1, 0.15) is 12.0 Å². The van der Waals surface area contributed by atoms with Crippen LogP contribution in [0.15, 0.2) is 41.3 Å². The van der Waals surface area contributed by atoms with Crippen molar-refractivity contribution in [3.8, 4) is 16.9 Å². The summed E-state index contributed by atoms with van der Waals surface area (Å²) in [5, 5.41) is 3.65. The largest absolute Gasteiger partial charge is 0.493 e. The van der Waals surface area contributed by atoms with E-state index in [9.17, 15) is 4.79 Å². The van der Waals surface area contributed by atoms with Gasteiger partial charge in [-0.3, -0.25) is 9.69 Å². The maximum Gasteiger partial charge on any atom is 0.263 e. The fourth-order valence-electron chi connectivity index (χ4n) is 3.51. The number of ether oxygens (including phenoxy) is 2. The number of thiocarbonyl (C=S) groups is 1. The maximum atomic E-state index is 12.2. The Morgan fingerprint density at radius 3 is 2.59 bits per heavy atom. The first-order chi connectivity index (χ1) is 15.5. The molecule has 2 aliphatic rings. The van der Waals surface area contributed by atoms with Gasteiger partial charge in [0.05, 0.1) is 34.8 Å². The van der Waals surface area contributed by atoms with E-state index in [1.54, 1.807) is 6.07 Å². The van der Waals surface area contributed by atoms with E-state index >= 15 is 0 Å². The minimum atomic E-state index is -0.196. The van der Waals surface area contributed by atoms with E-state index in [1.165, 1.54) is 11.8 Å². The van der Waals surface area contributed by atoms with Gasteiger partial charge in [0.1, 0.15) is 10.1 Å². The average molecular weight is 509 g/mol. The number of hydrogen-bond acceptors (Lipinski definition) is 6. The van der Waals surface area contributed by atoms with Gasteiger partial charge in [0.2, 0.25) is 0 Å². The number of halogens is 2. The van der Waals surface area contributed by atoms with Crippen molar-refractivity contribution in [2.75, 3.05) is 39.5 Å². The van der Waals surface area contributed by atoms with Crippen LogP contribution < -0.4 is 10.1 Å². The van der Waals surface area contributed by atoms with Gasteiger partial charge in [-0.2, -0.15) is 0 Å². The van der Waals surface area contributed by atoms with Gasteiger partial charge in [0.25, 0.3) is 5.91 Å². The molecule has 0 unspecified atom stereocenters. The van der Waals surface area contributed by atoms with Crippen LogP contribution in [0.3, 0.4) is 0 Å². The van der Waals surface area contributed by atoms with Gasteiger partial charge in [-0.15, -0.1) is 0 Å². The molecule has 2 fully saturated rings.